The first kappa shape index (κ1) is 8.60. The van der Waals surface area contributed by atoms with Crippen molar-refractivity contribution in [2.24, 2.45) is 11.8 Å². The van der Waals surface area contributed by atoms with E-state index in [4.69, 9.17) is 0 Å². The maximum Gasteiger partial charge on any atom is 0.0648 e. The van der Waals surface area contributed by atoms with Crippen LogP contribution in [0.5, 0.6) is 0 Å². The van der Waals surface area contributed by atoms with Crippen LogP contribution in [0.3, 0.4) is 0 Å². The van der Waals surface area contributed by atoms with Gasteiger partial charge < -0.3 is 5.32 Å². The Hall–Kier alpha value is 0.310. The van der Waals surface area contributed by atoms with Gasteiger partial charge in [0.15, 0.2) is 0 Å². The van der Waals surface area contributed by atoms with Crippen molar-refractivity contribution < 1.29 is 0 Å². The minimum Gasteiger partial charge on any atom is -0.302 e. The minimum atomic E-state index is 0.533. The zero-order chi connectivity index (χ0) is 8.73. The van der Waals surface area contributed by atoms with E-state index >= 15 is 0 Å². The largest absolute Gasteiger partial charge is 0.302 e. The summed E-state index contributed by atoms with van der Waals surface area (Å²) in [6.45, 7) is 1.25. The Morgan fingerprint density at radius 1 is 1.15 bits per heavy atom. The summed E-state index contributed by atoms with van der Waals surface area (Å²) < 4.78 is 0. The van der Waals surface area contributed by atoms with Crippen molar-refractivity contribution in [1.82, 2.24) is 5.32 Å². The molecule has 1 saturated heterocycles. The molecule has 1 aliphatic heterocycles. The van der Waals surface area contributed by atoms with E-state index in [0.717, 1.165) is 11.8 Å². The lowest BCUT2D eigenvalue weighted by atomic mass is 9.82. The van der Waals surface area contributed by atoms with E-state index in [1.54, 1.807) is 0 Å². The van der Waals surface area contributed by atoms with Crippen LogP contribution in [0.25, 0.3) is 0 Å². The molecule has 74 valence electrons. The average Bonchev–Trinajstić information content (AvgIpc) is 2.91. The first-order valence-corrected chi connectivity index (χ1v) is 6.76. The molecule has 2 saturated carbocycles. The van der Waals surface area contributed by atoms with Gasteiger partial charge in [0.05, 0.1) is 4.87 Å². The van der Waals surface area contributed by atoms with Gasteiger partial charge in [-0.1, -0.05) is 6.42 Å². The van der Waals surface area contributed by atoms with Crippen LogP contribution in [-0.4, -0.2) is 17.2 Å². The van der Waals surface area contributed by atoms with Gasteiger partial charge in [0.25, 0.3) is 0 Å². The van der Waals surface area contributed by atoms with Gasteiger partial charge in [-0.3, -0.25) is 0 Å². The quantitative estimate of drug-likeness (QED) is 0.693. The van der Waals surface area contributed by atoms with Crippen molar-refractivity contribution >= 4 is 11.8 Å². The van der Waals surface area contributed by atoms with Crippen LogP contribution in [0.4, 0.5) is 0 Å². The Balaban J connectivity index is 1.68. The summed E-state index contributed by atoms with van der Waals surface area (Å²) in [4.78, 5) is 0.533. The molecule has 1 nitrogen and oxygen atoms in total. The molecule has 13 heavy (non-hydrogen) atoms. The van der Waals surface area contributed by atoms with Crippen molar-refractivity contribution in [1.29, 1.82) is 0 Å². The van der Waals surface area contributed by atoms with E-state index in [1.807, 2.05) is 0 Å². The molecule has 0 bridgehead atoms. The Kier molecular flexibility index (Phi) is 2.09. The summed E-state index contributed by atoms with van der Waals surface area (Å²) in [6, 6.07) is 0. The second-order valence-electron chi connectivity index (χ2n) is 4.96. The molecule has 0 aromatic rings. The van der Waals surface area contributed by atoms with Crippen molar-refractivity contribution in [2.75, 3.05) is 12.3 Å². The van der Waals surface area contributed by atoms with Crippen LogP contribution in [-0.2, 0) is 0 Å². The minimum absolute atomic E-state index is 0.533. The zero-order valence-electron chi connectivity index (χ0n) is 8.22. The third-order valence-corrected chi connectivity index (χ3v) is 5.44. The molecule has 2 heteroatoms. The third-order valence-electron chi connectivity index (χ3n) is 3.96. The smallest absolute Gasteiger partial charge is 0.0648 e. The predicted molar refractivity (Wildman–Crippen MR) is 57.9 cm³/mol. The zero-order valence-corrected chi connectivity index (χ0v) is 9.04. The van der Waals surface area contributed by atoms with Crippen molar-refractivity contribution in [2.45, 2.75) is 43.4 Å². The van der Waals surface area contributed by atoms with Gasteiger partial charge >= 0.3 is 0 Å². The Morgan fingerprint density at radius 2 is 2.08 bits per heavy atom. The molecule has 2 unspecified atom stereocenters. The fourth-order valence-corrected chi connectivity index (χ4v) is 4.53. The van der Waals surface area contributed by atoms with Crippen LogP contribution >= 0.6 is 11.8 Å². The summed E-state index contributed by atoms with van der Waals surface area (Å²) in [5.74, 6) is 3.55. The fourth-order valence-electron chi connectivity index (χ4n) is 3.12. The number of thioether (sulfide) groups is 1. The van der Waals surface area contributed by atoms with E-state index in [2.05, 4.69) is 17.1 Å². The first-order chi connectivity index (χ1) is 6.38. The number of rotatable bonds is 1. The normalized spacial score (nSPS) is 45.7. The number of hydrogen-bond acceptors (Lipinski definition) is 2. The number of nitrogens with one attached hydrogen (secondary N) is 1. The van der Waals surface area contributed by atoms with Crippen LogP contribution < -0.4 is 5.32 Å². The molecule has 1 N–H and O–H groups in total. The maximum absolute atomic E-state index is 3.75. The van der Waals surface area contributed by atoms with Gasteiger partial charge in [0.2, 0.25) is 0 Å². The Bertz CT molecular complexity index is 194. The summed E-state index contributed by atoms with van der Waals surface area (Å²) >= 11 is 2.20. The SMILES string of the molecule is C1CC(C2CC2)CC2(C1)NCCS2. The number of hydrogen-bond donors (Lipinski definition) is 1. The Labute approximate surface area is 85.0 Å². The highest BCUT2D eigenvalue weighted by atomic mass is 32.2. The molecule has 3 rings (SSSR count). The topological polar surface area (TPSA) is 12.0 Å². The lowest BCUT2D eigenvalue weighted by molar-refractivity contribution is 0.247. The molecule has 1 spiro atoms. The third kappa shape index (κ3) is 1.63. The van der Waals surface area contributed by atoms with Gasteiger partial charge in [-0.15, -0.1) is 11.8 Å². The van der Waals surface area contributed by atoms with Gasteiger partial charge in [-0.05, 0) is 43.9 Å². The van der Waals surface area contributed by atoms with Crippen molar-refractivity contribution in [3.8, 4) is 0 Å². The maximum atomic E-state index is 3.75. The molecule has 0 amide bonds. The summed E-state index contributed by atoms with van der Waals surface area (Å²) in [6.07, 6.45) is 8.97. The highest BCUT2D eigenvalue weighted by molar-refractivity contribution is 8.00. The summed E-state index contributed by atoms with van der Waals surface area (Å²) in [5, 5.41) is 3.75. The highest BCUT2D eigenvalue weighted by Gasteiger charge is 2.43. The van der Waals surface area contributed by atoms with E-state index < -0.39 is 0 Å². The van der Waals surface area contributed by atoms with Gasteiger partial charge in [0.1, 0.15) is 0 Å². The van der Waals surface area contributed by atoms with E-state index in [9.17, 15) is 0 Å². The van der Waals surface area contributed by atoms with Crippen LogP contribution in [0.1, 0.15) is 38.5 Å². The first-order valence-electron chi connectivity index (χ1n) is 5.77. The predicted octanol–water partition coefficient (Wildman–Crippen LogP) is 2.62. The van der Waals surface area contributed by atoms with Crippen molar-refractivity contribution in [3.05, 3.63) is 0 Å². The molecule has 0 radical (unpaired) electrons. The van der Waals surface area contributed by atoms with E-state index in [-0.39, 0.29) is 0 Å². The molecule has 3 aliphatic rings. The van der Waals surface area contributed by atoms with Gasteiger partial charge in [0, 0.05) is 12.3 Å². The lowest BCUT2D eigenvalue weighted by Crippen LogP contribution is -2.42. The van der Waals surface area contributed by atoms with Crippen LogP contribution in [0, 0.1) is 11.8 Å². The van der Waals surface area contributed by atoms with Crippen molar-refractivity contribution in [3.63, 3.8) is 0 Å². The summed E-state index contributed by atoms with van der Waals surface area (Å²) in [7, 11) is 0. The van der Waals surface area contributed by atoms with Gasteiger partial charge in [-0.25, -0.2) is 0 Å². The summed E-state index contributed by atoms with van der Waals surface area (Å²) in [5.41, 5.74) is 0. The fraction of sp³-hybridized carbons (Fsp3) is 1.00. The lowest BCUT2D eigenvalue weighted by Gasteiger charge is -2.37. The second kappa shape index (κ2) is 3.16. The molecule has 2 aliphatic carbocycles. The van der Waals surface area contributed by atoms with Crippen LogP contribution in [0.2, 0.25) is 0 Å². The van der Waals surface area contributed by atoms with Gasteiger partial charge in [-0.2, -0.15) is 0 Å². The molecule has 0 aromatic carbocycles. The highest BCUT2D eigenvalue weighted by Crippen LogP contribution is 2.50. The molecule has 0 aromatic heterocycles. The molecule has 1 heterocycles. The van der Waals surface area contributed by atoms with E-state index in [0.29, 0.717) is 4.87 Å². The molecular formula is C11H19NS. The van der Waals surface area contributed by atoms with Crippen LogP contribution in [0.15, 0.2) is 0 Å². The molecule has 3 fully saturated rings. The monoisotopic (exact) mass is 197 g/mol. The van der Waals surface area contributed by atoms with E-state index in [1.165, 1.54) is 50.8 Å². The molecular weight excluding hydrogens is 178 g/mol. The molecule has 2 atom stereocenters. The average molecular weight is 197 g/mol. The standard InChI is InChI=1S/C11H19NS/c1-2-10(9-3-4-9)8-11(5-1)12-6-7-13-11/h9-10,12H,1-8H2. The Morgan fingerprint density at radius 3 is 2.77 bits per heavy atom. The second-order valence-corrected chi connectivity index (χ2v) is 6.44.